The molecule has 16 heavy (non-hydrogen) atoms. The van der Waals surface area contributed by atoms with Crippen LogP contribution in [0.3, 0.4) is 0 Å². The molecule has 0 radical (unpaired) electrons. The molecule has 1 saturated heterocycles. The van der Waals surface area contributed by atoms with E-state index in [0.29, 0.717) is 12.8 Å². The lowest BCUT2D eigenvalue weighted by atomic mass is 10.0. The minimum atomic E-state index is -4.61. The molecule has 0 bridgehead atoms. The van der Waals surface area contributed by atoms with E-state index in [1.165, 1.54) is 0 Å². The summed E-state index contributed by atoms with van der Waals surface area (Å²) < 4.78 is 49.7. The maximum Gasteiger partial charge on any atom is 0.383 e. The number of nitrogens with two attached hydrogens (primary N) is 1. The number of nitrogens with zero attached hydrogens (tertiary/aromatic N) is 1. The number of hydrogen-bond acceptors (Lipinski definition) is 2. The van der Waals surface area contributed by atoms with Gasteiger partial charge in [0.05, 0.1) is 0 Å². The molecule has 0 saturated carbocycles. The third-order valence-electron chi connectivity index (χ3n) is 2.72. The van der Waals surface area contributed by atoms with Crippen molar-refractivity contribution >= 4 is 5.91 Å². The fourth-order valence-corrected chi connectivity index (χ4v) is 1.80. The highest BCUT2D eigenvalue weighted by atomic mass is 19.3. The fraction of sp³-hybridized carbons (Fsp3) is 0.889. The van der Waals surface area contributed by atoms with Gasteiger partial charge < -0.3 is 10.6 Å². The van der Waals surface area contributed by atoms with Crippen LogP contribution in [0.25, 0.3) is 0 Å². The second-order valence-corrected chi connectivity index (χ2v) is 3.81. The number of carbonyl (C=O) groups excluding carboxylic acids is 1. The number of alkyl halides is 4. The van der Waals surface area contributed by atoms with Gasteiger partial charge in [-0.2, -0.15) is 8.78 Å². The molecule has 2 N–H and O–H groups in total. The molecule has 0 aliphatic carbocycles. The van der Waals surface area contributed by atoms with E-state index in [1.807, 2.05) is 0 Å². The van der Waals surface area contributed by atoms with Crippen molar-refractivity contribution < 1.29 is 22.4 Å². The van der Waals surface area contributed by atoms with Crippen LogP contribution in [0, 0.1) is 0 Å². The van der Waals surface area contributed by atoms with Crippen molar-refractivity contribution in [2.24, 2.45) is 5.73 Å². The lowest BCUT2D eigenvalue weighted by molar-refractivity contribution is -0.183. The Hall–Kier alpha value is -0.850. The van der Waals surface area contributed by atoms with Crippen molar-refractivity contribution in [3.05, 3.63) is 0 Å². The van der Waals surface area contributed by atoms with Crippen LogP contribution in [-0.4, -0.2) is 42.3 Å². The minimum absolute atomic E-state index is 0.0189. The molecule has 0 aromatic carbocycles. The number of halogens is 4. The van der Waals surface area contributed by atoms with Crippen LogP contribution in [0.1, 0.15) is 19.3 Å². The van der Waals surface area contributed by atoms with Crippen molar-refractivity contribution in [1.29, 1.82) is 0 Å². The van der Waals surface area contributed by atoms with Gasteiger partial charge in [0.25, 0.3) is 5.91 Å². The lowest BCUT2D eigenvalue weighted by Crippen LogP contribution is -2.55. The Bertz CT molecular complexity index is 260. The van der Waals surface area contributed by atoms with Crippen LogP contribution in [0.2, 0.25) is 0 Å². The summed E-state index contributed by atoms with van der Waals surface area (Å²) >= 11 is 0. The topological polar surface area (TPSA) is 46.3 Å². The van der Waals surface area contributed by atoms with E-state index in [0.717, 1.165) is 11.3 Å². The van der Waals surface area contributed by atoms with E-state index in [1.54, 1.807) is 0 Å². The van der Waals surface area contributed by atoms with Gasteiger partial charge in [0.2, 0.25) is 0 Å². The molecule has 94 valence electrons. The summed E-state index contributed by atoms with van der Waals surface area (Å²) in [4.78, 5) is 12.1. The fourth-order valence-electron chi connectivity index (χ4n) is 1.80. The Morgan fingerprint density at radius 3 is 2.56 bits per heavy atom. The zero-order chi connectivity index (χ0) is 12.3. The predicted molar refractivity (Wildman–Crippen MR) is 49.4 cm³/mol. The van der Waals surface area contributed by atoms with E-state index in [4.69, 9.17) is 5.73 Å². The monoisotopic (exact) mass is 242 g/mol. The molecular weight excluding hydrogens is 228 g/mol. The standard InChI is InChI=1S/C9H14F4N2O/c10-7(11)9(12,13)8(16)15-4-2-1-3-6(15)5-14/h6-7H,1-5,14H2. The van der Waals surface area contributed by atoms with Gasteiger partial charge in [0.1, 0.15) is 0 Å². The van der Waals surface area contributed by atoms with E-state index >= 15 is 0 Å². The maximum atomic E-state index is 12.9. The third kappa shape index (κ3) is 2.45. The average molecular weight is 242 g/mol. The quantitative estimate of drug-likeness (QED) is 0.756. The van der Waals surface area contributed by atoms with Crippen LogP contribution < -0.4 is 5.73 Å². The van der Waals surface area contributed by atoms with Crippen molar-refractivity contribution in [2.45, 2.75) is 37.7 Å². The Morgan fingerprint density at radius 1 is 1.44 bits per heavy atom. The van der Waals surface area contributed by atoms with E-state index in [-0.39, 0.29) is 13.1 Å². The van der Waals surface area contributed by atoms with Crippen molar-refractivity contribution in [1.82, 2.24) is 4.90 Å². The summed E-state index contributed by atoms with van der Waals surface area (Å²) in [6, 6.07) is -0.550. The van der Waals surface area contributed by atoms with Gasteiger partial charge in [0.15, 0.2) is 0 Å². The highest BCUT2D eigenvalue weighted by Crippen LogP contribution is 2.28. The van der Waals surface area contributed by atoms with Crippen LogP contribution in [0.4, 0.5) is 17.6 Å². The first-order valence-electron chi connectivity index (χ1n) is 5.08. The molecule has 1 unspecified atom stereocenters. The molecule has 7 heteroatoms. The van der Waals surface area contributed by atoms with Gasteiger partial charge >= 0.3 is 12.3 Å². The number of hydrogen-bond donors (Lipinski definition) is 1. The van der Waals surface area contributed by atoms with Crippen LogP contribution >= 0.6 is 0 Å². The van der Waals surface area contributed by atoms with E-state index in [2.05, 4.69) is 0 Å². The van der Waals surface area contributed by atoms with Crippen molar-refractivity contribution in [3.63, 3.8) is 0 Å². The Balaban J connectivity index is 2.78. The van der Waals surface area contributed by atoms with Gasteiger partial charge in [-0.1, -0.05) is 0 Å². The largest absolute Gasteiger partial charge is 0.383 e. The van der Waals surface area contributed by atoms with E-state index in [9.17, 15) is 22.4 Å². The predicted octanol–water partition coefficient (Wildman–Crippen LogP) is 1.23. The molecule has 3 nitrogen and oxygen atoms in total. The molecule has 1 aliphatic rings. The SMILES string of the molecule is NCC1CCCCN1C(=O)C(F)(F)C(F)F. The molecule has 0 aromatic rings. The Kier molecular flexibility index (Phi) is 4.12. The number of likely N-dealkylation sites (tertiary alicyclic amines) is 1. The normalized spacial score (nSPS) is 22.6. The van der Waals surface area contributed by atoms with Crippen molar-refractivity contribution in [2.75, 3.05) is 13.1 Å². The third-order valence-corrected chi connectivity index (χ3v) is 2.72. The zero-order valence-corrected chi connectivity index (χ0v) is 8.63. The summed E-state index contributed by atoms with van der Waals surface area (Å²) in [7, 11) is 0. The number of piperidine rings is 1. The summed E-state index contributed by atoms with van der Waals surface area (Å²) in [6.07, 6.45) is -2.17. The second kappa shape index (κ2) is 4.99. The van der Waals surface area contributed by atoms with E-state index < -0.39 is 24.3 Å². The first kappa shape index (κ1) is 13.2. The summed E-state index contributed by atoms with van der Waals surface area (Å²) in [5.74, 6) is -6.41. The van der Waals surface area contributed by atoms with Gasteiger partial charge in [0, 0.05) is 19.1 Å². The molecule has 1 rings (SSSR count). The van der Waals surface area contributed by atoms with Gasteiger partial charge in [-0.3, -0.25) is 4.79 Å². The minimum Gasteiger partial charge on any atom is -0.333 e. The highest BCUT2D eigenvalue weighted by Gasteiger charge is 2.52. The molecule has 1 heterocycles. The summed E-state index contributed by atoms with van der Waals surface area (Å²) in [5.41, 5.74) is 5.32. The van der Waals surface area contributed by atoms with Gasteiger partial charge in [-0.15, -0.1) is 0 Å². The van der Waals surface area contributed by atoms with Crippen LogP contribution in [0.15, 0.2) is 0 Å². The average Bonchev–Trinajstić information content (AvgIpc) is 2.27. The maximum absolute atomic E-state index is 12.9. The Labute approximate surface area is 90.6 Å². The van der Waals surface area contributed by atoms with Crippen LogP contribution in [-0.2, 0) is 4.79 Å². The first-order valence-corrected chi connectivity index (χ1v) is 5.08. The number of rotatable bonds is 3. The lowest BCUT2D eigenvalue weighted by Gasteiger charge is -2.36. The molecule has 1 atom stereocenters. The van der Waals surface area contributed by atoms with Crippen LogP contribution in [0.5, 0.6) is 0 Å². The molecular formula is C9H14F4N2O. The molecule has 0 aromatic heterocycles. The number of carbonyl (C=O) groups is 1. The first-order chi connectivity index (χ1) is 7.41. The van der Waals surface area contributed by atoms with Crippen molar-refractivity contribution in [3.8, 4) is 0 Å². The van der Waals surface area contributed by atoms with Gasteiger partial charge in [-0.25, -0.2) is 8.78 Å². The van der Waals surface area contributed by atoms with Gasteiger partial charge in [-0.05, 0) is 19.3 Å². The summed E-state index contributed by atoms with van der Waals surface area (Å²) in [5, 5.41) is 0. The molecule has 1 amide bonds. The molecule has 0 spiro atoms. The second-order valence-electron chi connectivity index (χ2n) is 3.81. The zero-order valence-electron chi connectivity index (χ0n) is 8.63. The highest BCUT2D eigenvalue weighted by molar-refractivity contribution is 5.84. The summed E-state index contributed by atoms with van der Waals surface area (Å²) in [6.45, 7) is 0.0913. The number of amides is 1. The Morgan fingerprint density at radius 2 is 2.06 bits per heavy atom. The molecule has 1 fully saturated rings. The molecule has 1 aliphatic heterocycles. The smallest absolute Gasteiger partial charge is 0.333 e.